The molecule has 0 saturated carbocycles. The Balaban J connectivity index is 3.71. The highest BCUT2D eigenvalue weighted by Gasteiger charge is 2.20. The van der Waals surface area contributed by atoms with Crippen molar-refractivity contribution in [3.05, 3.63) is 28.8 Å². The van der Waals surface area contributed by atoms with E-state index in [4.69, 9.17) is 15.9 Å². The van der Waals surface area contributed by atoms with Crippen LogP contribution in [-0.4, -0.2) is 8.42 Å². The molecule has 1 aromatic carbocycles. The summed E-state index contributed by atoms with van der Waals surface area (Å²) in [5.74, 6) is 0. The molecular weight excluding hydrogens is 234 g/mol. The number of benzene rings is 1. The molecule has 0 radical (unpaired) electrons. The molecule has 0 atom stereocenters. The molecule has 1 aromatic rings. The van der Waals surface area contributed by atoms with Crippen LogP contribution in [0.2, 0.25) is 0 Å². The second-order valence-corrected chi connectivity index (χ2v) is 5.64. The topological polar surface area (TPSA) is 57.9 Å². The van der Waals surface area contributed by atoms with Gasteiger partial charge in [-0.3, -0.25) is 0 Å². The molecule has 0 amide bonds. The first kappa shape index (κ1) is 12.0. The average molecular weight is 244 g/mol. The third-order valence-electron chi connectivity index (χ3n) is 2.18. The molecule has 0 bridgehead atoms. The van der Waals surface area contributed by atoms with Crippen molar-refractivity contribution in [1.82, 2.24) is 0 Å². The number of hydrogen-bond donors (Lipinski definition) is 0. The highest BCUT2D eigenvalue weighted by molar-refractivity contribution is 8.13. The summed E-state index contributed by atoms with van der Waals surface area (Å²) in [6.45, 7) is 3.46. The molecule has 0 heterocycles. The number of rotatable bonds is 2. The van der Waals surface area contributed by atoms with Gasteiger partial charge in [0.05, 0.1) is 16.5 Å². The summed E-state index contributed by atoms with van der Waals surface area (Å²) >= 11 is 0. The maximum atomic E-state index is 11.4. The molecule has 80 valence electrons. The van der Waals surface area contributed by atoms with Crippen LogP contribution >= 0.6 is 10.7 Å². The minimum Gasteiger partial charge on any atom is -0.207 e. The number of aryl methyl sites for hydroxylation is 1. The molecule has 15 heavy (non-hydrogen) atoms. The van der Waals surface area contributed by atoms with Crippen LogP contribution in [0.1, 0.15) is 23.6 Å². The van der Waals surface area contributed by atoms with E-state index in [1.807, 2.05) is 6.07 Å². The van der Waals surface area contributed by atoms with Crippen LogP contribution in [0.3, 0.4) is 0 Å². The Bertz CT molecular complexity index is 529. The van der Waals surface area contributed by atoms with Crippen molar-refractivity contribution in [3.63, 3.8) is 0 Å². The molecular formula is C10H10ClNO2S. The minimum atomic E-state index is -3.79. The third-order valence-corrected chi connectivity index (χ3v) is 3.69. The Hall–Kier alpha value is -1.05. The van der Waals surface area contributed by atoms with E-state index in [0.717, 1.165) is 0 Å². The van der Waals surface area contributed by atoms with Crippen LogP contribution in [0.5, 0.6) is 0 Å². The molecule has 0 fully saturated rings. The van der Waals surface area contributed by atoms with E-state index >= 15 is 0 Å². The van der Waals surface area contributed by atoms with Crippen molar-refractivity contribution >= 4 is 19.7 Å². The van der Waals surface area contributed by atoms with Gasteiger partial charge >= 0.3 is 0 Å². The Kier molecular flexibility index (Phi) is 3.38. The second kappa shape index (κ2) is 4.21. The standard InChI is InChI=1S/C10H10ClNO2S/c1-3-9-8(6-12)5-4-7(2)10(9)15(11,13)14/h4-5H,3H2,1-2H3. The fraction of sp³-hybridized carbons (Fsp3) is 0.300. The Morgan fingerprint density at radius 1 is 1.47 bits per heavy atom. The van der Waals surface area contributed by atoms with Gasteiger partial charge in [-0.25, -0.2) is 8.42 Å². The van der Waals surface area contributed by atoms with Gasteiger partial charge in [-0.15, -0.1) is 0 Å². The van der Waals surface area contributed by atoms with Crippen molar-refractivity contribution in [2.24, 2.45) is 0 Å². The number of nitriles is 1. The monoisotopic (exact) mass is 243 g/mol. The quantitative estimate of drug-likeness (QED) is 0.750. The van der Waals surface area contributed by atoms with E-state index in [-0.39, 0.29) is 4.90 Å². The molecule has 0 N–H and O–H groups in total. The van der Waals surface area contributed by atoms with Crippen LogP contribution in [0.15, 0.2) is 17.0 Å². The Labute approximate surface area is 93.7 Å². The van der Waals surface area contributed by atoms with Crippen molar-refractivity contribution < 1.29 is 8.42 Å². The summed E-state index contributed by atoms with van der Waals surface area (Å²) in [5, 5.41) is 8.84. The number of nitrogens with zero attached hydrogens (tertiary/aromatic N) is 1. The average Bonchev–Trinajstić information content (AvgIpc) is 2.15. The maximum absolute atomic E-state index is 11.4. The lowest BCUT2D eigenvalue weighted by molar-refractivity contribution is 0.608. The molecule has 5 heteroatoms. The van der Waals surface area contributed by atoms with Crippen molar-refractivity contribution in [1.29, 1.82) is 5.26 Å². The highest BCUT2D eigenvalue weighted by atomic mass is 35.7. The molecule has 0 spiro atoms. The lowest BCUT2D eigenvalue weighted by Crippen LogP contribution is -2.03. The second-order valence-electron chi connectivity index (χ2n) is 3.14. The maximum Gasteiger partial charge on any atom is 0.261 e. The first-order valence-electron chi connectivity index (χ1n) is 4.39. The van der Waals surface area contributed by atoms with Crippen LogP contribution in [0.4, 0.5) is 0 Å². The Morgan fingerprint density at radius 2 is 2.07 bits per heavy atom. The zero-order valence-electron chi connectivity index (χ0n) is 8.41. The van der Waals surface area contributed by atoms with Crippen molar-refractivity contribution in [2.45, 2.75) is 25.2 Å². The smallest absolute Gasteiger partial charge is 0.207 e. The van der Waals surface area contributed by atoms with Crippen LogP contribution in [-0.2, 0) is 15.5 Å². The van der Waals surface area contributed by atoms with E-state index in [0.29, 0.717) is 23.1 Å². The van der Waals surface area contributed by atoms with Gasteiger partial charge in [0.15, 0.2) is 0 Å². The van der Waals surface area contributed by atoms with Crippen molar-refractivity contribution in [3.8, 4) is 6.07 Å². The summed E-state index contributed by atoms with van der Waals surface area (Å²) < 4.78 is 22.7. The molecule has 0 aliphatic rings. The first-order chi connectivity index (χ1) is 6.91. The fourth-order valence-corrected chi connectivity index (χ4v) is 3.19. The summed E-state index contributed by atoms with van der Waals surface area (Å²) in [6, 6.07) is 5.16. The SMILES string of the molecule is CCc1c(C#N)ccc(C)c1S(=O)(=O)Cl. The van der Waals surface area contributed by atoms with E-state index in [1.165, 1.54) is 0 Å². The first-order valence-corrected chi connectivity index (χ1v) is 6.70. The highest BCUT2D eigenvalue weighted by Crippen LogP contribution is 2.27. The largest absolute Gasteiger partial charge is 0.261 e. The van der Waals surface area contributed by atoms with E-state index < -0.39 is 9.05 Å². The summed E-state index contributed by atoms with van der Waals surface area (Å²) in [6.07, 6.45) is 0.464. The normalized spacial score (nSPS) is 11.1. The van der Waals surface area contributed by atoms with Crippen LogP contribution in [0.25, 0.3) is 0 Å². The van der Waals surface area contributed by atoms with Gasteiger partial charge in [-0.2, -0.15) is 5.26 Å². The summed E-state index contributed by atoms with van der Waals surface area (Å²) in [5.41, 5.74) is 1.43. The molecule has 3 nitrogen and oxygen atoms in total. The fourth-order valence-electron chi connectivity index (χ4n) is 1.54. The predicted molar refractivity (Wildman–Crippen MR) is 58.3 cm³/mol. The Morgan fingerprint density at radius 3 is 2.47 bits per heavy atom. The van der Waals surface area contributed by atoms with Gasteiger partial charge in [0.1, 0.15) is 0 Å². The van der Waals surface area contributed by atoms with Gasteiger partial charge in [0, 0.05) is 10.7 Å². The van der Waals surface area contributed by atoms with Crippen LogP contribution in [0, 0.1) is 18.3 Å². The van der Waals surface area contributed by atoms with E-state index in [1.54, 1.807) is 26.0 Å². The van der Waals surface area contributed by atoms with E-state index in [2.05, 4.69) is 0 Å². The molecule has 0 unspecified atom stereocenters. The zero-order chi connectivity index (χ0) is 11.6. The van der Waals surface area contributed by atoms with Gasteiger partial charge in [0.2, 0.25) is 0 Å². The van der Waals surface area contributed by atoms with Gasteiger partial charge in [-0.05, 0) is 30.5 Å². The zero-order valence-corrected chi connectivity index (χ0v) is 9.98. The lowest BCUT2D eigenvalue weighted by atomic mass is 10.0. The van der Waals surface area contributed by atoms with E-state index in [9.17, 15) is 8.42 Å². The van der Waals surface area contributed by atoms with Crippen LogP contribution < -0.4 is 0 Å². The van der Waals surface area contributed by atoms with Gasteiger partial charge in [-0.1, -0.05) is 13.0 Å². The number of hydrogen-bond acceptors (Lipinski definition) is 3. The summed E-state index contributed by atoms with van der Waals surface area (Å²) in [4.78, 5) is 0.0747. The molecule has 0 aliphatic heterocycles. The summed E-state index contributed by atoms with van der Waals surface area (Å²) in [7, 11) is 1.55. The molecule has 1 rings (SSSR count). The third kappa shape index (κ3) is 2.31. The number of halogens is 1. The van der Waals surface area contributed by atoms with Gasteiger partial charge < -0.3 is 0 Å². The van der Waals surface area contributed by atoms with Gasteiger partial charge in [0.25, 0.3) is 9.05 Å². The minimum absolute atomic E-state index is 0.0747. The molecule has 0 aromatic heterocycles. The molecule has 0 aliphatic carbocycles. The molecule has 0 saturated heterocycles. The van der Waals surface area contributed by atoms with Crippen molar-refractivity contribution in [2.75, 3.05) is 0 Å². The predicted octanol–water partition coefficient (Wildman–Crippen LogP) is 2.36. The lowest BCUT2D eigenvalue weighted by Gasteiger charge is -2.09.